The third-order valence-electron chi connectivity index (χ3n) is 2.27. The van der Waals surface area contributed by atoms with Gasteiger partial charge in [0.25, 0.3) is 11.8 Å². The molecule has 0 spiro atoms. The van der Waals surface area contributed by atoms with Crippen LogP contribution in [-0.4, -0.2) is 23.0 Å². The maximum absolute atomic E-state index is 11.5. The van der Waals surface area contributed by atoms with E-state index in [0.717, 1.165) is 4.47 Å². The van der Waals surface area contributed by atoms with Crippen LogP contribution >= 0.6 is 15.9 Å². The number of rotatable bonds is 2. The summed E-state index contributed by atoms with van der Waals surface area (Å²) in [5.41, 5.74) is 0.502. The lowest BCUT2D eigenvalue weighted by Crippen LogP contribution is -2.33. The molecule has 2 rings (SSSR count). The SMILES string of the molecule is O=C(Nc1ccc(Br)cc1)ON1C(=O)CCC1=O. The van der Waals surface area contributed by atoms with Crippen LogP contribution in [0.2, 0.25) is 0 Å². The van der Waals surface area contributed by atoms with Crippen molar-refractivity contribution in [2.24, 2.45) is 0 Å². The van der Waals surface area contributed by atoms with Crippen LogP contribution in [-0.2, 0) is 14.4 Å². The van der Waals surface area contributed by atoms with Crippen molar-refractivity contribution in [2.45, 2.75) is 12.8 Å². The molecule has 3 amide bonds. The highest BCUT2D eigenvalue weighted by Crippen LogP contribution is 2.16. The van der Waals surface area contributed by atoms with Crippen LogP contribution in [0.5, 0.6) is 0 Å². The van der Waals surface area contributed by atoms with Crippen LogP contribution in [0.4, 0.5) is 10.5 Å². The summed E-state index contributed by atoms with van der Waals surface area (Å²) in [4.78, 5) is 38.5. The van der Waals surface area contributed by atoms with E-state index in [1.54, 1.807) is 24.3 Å². The summed E-state index contributed by atoms with van der Waals surface area (Å²) in [5.74, 6) is -1.02. The molecule has 0 saturated carbocycles. The fraction of sp³-hybridized carbons (Fsp3) is 0.182. The number of carbonyl (C=O) groups excluding carboxylic acids is 3. The van der Waals surface area contributed by atoms with Crippen molar-refractivity contribution < 1.29 is 19.2 Å². The Bertz CT molecular complexity index is 484. The average molecular weight is 313 g/mol. The topological polar surface area (TPSA) is 75.7 Å². The first-order valence-electron chi connectivity index (χ1n) is 5.16. The van der Waals surface area contributed by atoms with Gasteiger partial charge in [0, 0.05) is 23.0 Å². The van der Waals surface area contributed by atoms with E-state index in [1.807, 2.05) is 0 Å². The van der Waals surface area contributed by atoms with Crippen molar-refractivity contribution in [3.05, 3.63) is 28.7 Å². The molecule has 0 unspecified atom stereocenters. The molecule has 1 heterocycles. The average Bonchev–Trinajstić information content (AvgIpc) is 2.64. The predicted octanol–water partition coefficient (Wildman–Crippen LogP) is 2.06. The maximum atomic E-state index is 11.5. The molecule has 0 aromatic heterocycles. The number of anilines is 1. The second-order valence-electron chi connectivity index (χ2n) is 3.59. The molecule has 1 aliphatic heterocycles. The Morgan fingerprint density at radius 2 is 1.72 bits per heavy atom. The zero-order chi connectivity index (χ0) is 13.1. The van der Waals surface area contributed by atoms with Gasteiger partial charge in [0.2, 0.25) is 0 Å². The number of carbonyl (C=O) groups is 3. The van der Waals surface area contributed by atoms with Gasteiger partial charge in [-0.05, 0) is 24.3 Å². The van der Waals surface area contributed by atoms with Crippen molar-refractivity contribution >= 4 is 39.5 Å². The molecule has 1 aromatic carbocycles. The zero-order valence-electron chi connectivity index (χ0n) is 9.18. The van der Waals surface area contributed by atoms with E-state index < -0.39 is 17.9 Å². The summed E-state index contributed by atoms with van der Waals surface area (Å²) in [5, 5.41) is 2.90. The molecule has 94 valence electrons. The highest BCUT2D eigenvalue weighted by Gasteiger charge is 2.32. The summed E-state index contributed by atoms with van der Waals surface area (Å²) in [7, 11) is 0. The van der Waals surface area contributed by atoms with Gasteiger partial charge in [0.05, 0.1) is 0 Å². The van der Waals surface area contributed by atoms with E-state index in [9.17, 15) is 14.4 Å². The fourth-order valence-corrected chi connectivity index (χ4v) is 1.68. The summed E-state index contributed by atoms with van der Waals surface area (Å²) in [6.45, 7) is 0. The van der Waals surface area contributed by atoms with Crippen molar-refractivity contribution in [3.8, 4) is 0 Å². The van der Waals surface area contributed by atoms with E-state index in [4.69, 9.17) is 0 Å². The van der Waals surface area contributed by atoms with Crippen molar-refractivity contribution in [1.29, 1.82) is 0 Å². The molecule has 0 atom stereocenters. The number of benzene rings is 1. The number of nitrogens with zero attached hydrogens (tertiary/aromatic N) is 1. The minimum absolute atomic E-state index is 0.0738. The second kappa shape index (κ2) is 5.18. The van der Waals surface area contributed by atoms with Gasteiger partial charge >= 0.3 is 6.09 Å². The largest absolute Gasteiger partial charge is 0.436 e. The predicted molar refractivity (Wildman–Crippen MR) is 65.3 cm³/mol. The molecular formula is C11H9BrN2O4. The maximum Gasteiger partial charge on any atom is 0.436 e. The first-order chi connectivity index (χ1) is 8.56. The Morgan fingerprint density at radius 1 is 1.17 bits per heavy atom. The van der Waals surface area contributed by atoms with Crippen molar-refractivity contribution in [1.82, 2.24) is 5.06 Å². The smallest absolute Gasteiger partial charge is 0.311 e. The van der Waals surface area contributed by atoms with E-state index in [-0.39, 0.29) is 12.8 Å². The van der Waals surface area contributed by atoms with Gasteiger partial charge in [-0.3, -0.25) is 14.9 Å². The Hall–Kier alpha value is -1.89. The molecule has 18 heavy (non-hydrogen) atoms. The lowest BCUT2D eigenvalue weighted by molar-refractivity contribution is -0.170. The summed E-state index contributed by atoms with van der Waals surface area (Å²) >= 11 is 3.26. The molecule has 0 radical (unpaired) electrons. The van der Waals surface area contributed by atoms with Crippen LogP contribution in [0.25, 0.3) is 0 Å². The van der Waals surface area contributed by atoms with Crippen LogP contribution < -0.4 is 5.32 Å². The standard InChI is InChI=1S/C11H9BrN2O4/c12-7-1-3-8(4-2-7)13-11(17)18-14-9(15)5-6-10(14)16/h1-4H,5-6H2,(H,13,17). The third-order valence-corrected chi connectivity index (χ3v) is 2.80. The van der Waals surface area contributed by atoms with Crippen LogP contribution in [0.3, 0.4) is 0 Å². The number of amides is 3. The van der Waals surface area contributed by atoms with E-state index in [1.165, 1.54) is 0 Å². The van der Waals surface area contributed by atoms with Gasteiger partial charge in [-0.1, -0.05) is 15.9 Å². The molecule has 6 nitrogen and oxygen atoms in total. The van der Waals surface area contributed by atoms with Gasteiger partial charge in [0.15, 0.2) is 0 Å². The number of hydrogen-bond donors (Lipinski definition) is 1. The highest BCUT2D eigenvalue weighted by atomic mass is 79.9. The molecule has 1 saturated heterocycles. The summed E-state index contributed by atoms with van der Waals surface area (Å²) < 4.78 is 0.867. The van der Waals surface area contributed by atoms with Crippen LogP contribution in [0.1, 0.15) is 12.8 Å². The summed E-state index contributed by atoms with van der Waals surface area (Å²) in [6.07, 6.45) is -0.727. The fourth-order valence-electron chi connectivity index (χ4n) is 1.41. The van der Waals surface area contributed by atoms with Gasteiger partial charge in [-0.25, -0.2) is 4.79 Å². The number of hydrogen-bond acceptors (Lipinski definition) is 4. The first-order valence-corrected chi connectivity index (χ1v) is 5.96. The van der Waals surface area contributed by atoms with Crippen molar-refractivity contribution in [3.63, 3.8) is 0 Å². The molecule has 1 fully saturated rings. The van der Waals surface area contributed by atoms with E-state index >= 15 is 0 Å². The second-order valence-corrected chi connectivity index (χ2v) is 4.51. The molecule has 1 aliphatic rings. The molecule has 1 N–H and O–H groups in total. The highest BCUT2D eigenvalue weighted by molar-refractivity contribution is 9.10. The minimum Gasteiger partial charge on any atom is -0.311 e. The zero-order valence-corrected chi connectivity index (χ0v) is 10.8. The molecule has 0 aliphatic carbocycles. The number of halogens is 1. The lowest BCUT2D eigenvalue weighted by atomic mass is 10.3. The van der Waals surface area contributed by atoms with Gasteiger partial charge in [-0.2, -0.15) is 0 Å². The van der Waals surface area contributed by atoms with Crippen molar-refractivity contribution in [2.75, 3.05) is 5.32 Å². The Labute approximate surface area is 111 Å². The van der Waals surface area contributed by atoms with Crippen LogP contribution in [0.15, 0.2) is 28.7 Å². The Morgan fingerprint density at radius 3 is 2.28 bits per heavy atom. The van der Waals surface area contributed by atoms with E-state index in [0.29, 0.717) is 10.8 Å². The molecule has 1 aromatic rings. The number of hydroxylamine groups is 2. The van der Waals surface area contributed by atoms with Gasteiger partial charge < -0.3 is 4.84 Å². The monoisotopic (exact) mass is 312 g/mol. The quantitative estimate of drug-likeness (QED) is 0.848. The van der Waals surface area contributed by atoms with Crippen LogP contribution in [0, 0.1) is 0 Å². The first kappa shape index (κ1) is 12.6. The number of imide groups is 1. The molecule has 7 heteroatoms. The third kappa shape index (κ3) is 2.86. The minimum atomic E-state index is -0.874. The molecule has 0 bridgehead atoms. The van der Waals surface area contributed by atoms with Gasteiger partial charge in [0.1, 0.15) is 0 Å². The normalized spacial score (nSPS) is 14.8. The Kier molecular flexibility index (Phi) is 3.61. The molecular weight excluding hydrogens is 304 g/mol. The Balaban J connectivity index is 1.94. The van der Waals surface area contributed by atoms with E-state index in [2.05, 4.69) is 26.1 Å². The van der Waals surface area contributed by atoms with Gasteiger partial charge in [-0.15, -0.1) is 5.06 Å². The lowest BCUT2D eigenvalue weighted by Gasteiger charge is -2.13. The summed E-state index contributed by atoms with van der Waals surface area (Å²) in [6, 6.07) is 6.78. The number of nitrogens with one attached hydrogen (secondary N) is 1.